The van der Waals surface area contributed by atoms with E-state index in [2.05, 4.69) is 6.07 Å². The van der Waals surface area contributed by atoms with E-state index in [1.54, 1.807) is 6.92 Å². The van der Waals surface area contributed by atoms with Crippen molar-refractivity contribution in [3.8, 4) is 6.07 Å². The van der Waals surface area contributed by atoms with Crippen molar-refractivity contribution in [2.45, 2.75) is 38.8 Å². The van der Waals surface area contributed by atoms with E-state index in [-0.39, 0.29) is 11.9 Å². The van der Waals surface area contributed by atoms with Gasteiger partial charge in [-0.25, -0.2) is 0 Å². The minimum atomic E-state index is 0.137. The second-order valence-corrected chi connectivity index (χ2v) is 4.83. The lowest BCUT2D eigenvalue weighted by Gasteiger charge is -2.28. The van der Waals surface area contributed by atoms with E-state index in [9.17, 15) is 4.79 Å². The topological polar surface area (TPSA) is 44.1 Å². The van der Waals surface area contributed by atoms with Crippen LogP contribution in [0.5, 0.6) is 0 Å². The van der Waals surface area contributed by atoms with Gasteiger partial charge in [0.25, 0.3) is 0 Å². The van der Waals surface area contributed by atoms with Crippen molar-refractivity contribution in [2.75, 3.05) is 0 Å². The molecule has 0 bridgehead atoms. The van der Waals surface area contributed by atoms with Gasteiger partial charge in [0.1, 0.15) is 0 Å². The maximum atomic E-state index is 11.6. The molecule has 0 saturated carbocycles. The van der Waals surface area contributed by atoms with Crippen LogP contribution in [0.3, 0.4) is 0 Å². The summed E-state index contributed by atoms with van der Waals surface area (Å²) in [6.07, 6.45) is 3.09. The van der Waals surface area contributed by atoms with Gasteiger partial charge in [0, 0.05) is 13.5 Å². The van der Waals surface area contributed by atoms with Gasteiger partial charge in [0.05, 0.1) is 17.7 Å². The maximum absolute atomic E-state index is 11.6. The normalized spacial score (nSPS) is 20.9. The first-order valence-electron chi connectivity index (χ1n) is 6.04. The quantitative estimate of drug-likeness (QED) is 0.681. The lowest BCUT2D eigenvalue weighted by atomic mass is 9.84. The third kappa shape index (κ3) is 1.37. The van der Waals surface area contributed by atoms with Gasteiger partial charge in [0.2, 0.25) is 5.91 Å². The van der Waals surface area contributed by atoms with Crippen LogP contribution in [0.2, 0.25) is 0 Å². The average Bonchev–Trinajstić information content (AvgIpc) is 2.71. The van der Waals surface area contributed by atoms with Crippen LogP contribution in [0.1, 0.15) is 48.1 Å². The molecular formula is C14H14N2O. The van der Waals surface area contributed by atoms with Crippen LogP contribution in [-0.4, -0.2) is 10.8 Å². The molecule has 1 amide bonds. The molecule has 2 aliphatic rings. The van der Waals surface area contributed by atoms with E-state index < -0.39 is 0 Å². The number of amides is 1. The highest BCUT2D eigenvalue weighted by molar-refractivity contribution is 5.75. The van der Waals surface area contributed by atoms with Crippen molar-refractivity contribution in [3.63, 3.8) is 0 Å². The first-order chi connectivity index (χ1) is 8.22. The van der Waals surface area contributed by atoms with Crippen LogP contribution >= 0.6 is 0 Å². The molecule has 1 aliphatic carbocycles. The Morgan fingerprint density at radius 3 is 3.06 bits per heavy atom. The van der Waals surface area contributed by atoms with Crippen molar-refractivity contribution in [3.05, 3.63) is 34.4 Å². The third-order valence-electron chi connectivity index (χ3n) is 3.93. The Hall–Kier alpha value is -1.82. The zero-order valence-corrected chi connectivity index (χ0v) is 9.86. The number of carbonyl (C=O) groups is 1. The molecule has 0 saturated heterocycles. The van der Waals surface area contributed by atoms with E-state index in [4.69, 9.17) is 5.26 Å². The van der Waals surface area contributed by atoms with E-state index in [0.717, 1.165) is 24.8 Å². The van der Waals surface area contributed by atoms with E-state index in [0.29, 0.717) is 6.54 Å². The Morgan fingerprint density at radius 1 is 1.53 bits per heavy atom. The van der Waals surface area contributed by atoms with E-state index >= 15 is 0 Å². The summed E-state index contributed by atoms with van der Waals surface area (Å²) in [6.45, 7) is 2.35. The summed E-state index contributed by atoms with van der Waals surface area (Å²) in [6, 6.07) is 6.41. The summed E-state index contributed by atoms with van der Waals surface area (Å²) in [7, 11) is 0. The molecule has 3 rings (SSSR count). The predicted molar refractivity (Wildman–Crippen MR) is 63.1 cm³/mol. The fourth-order valence-electron chi connectivity index (χ4n) is 3.19. The van der Waals surface area contributed by atoms with Gasteiger partial charge < -0.3 is 4.90 Å². The molecule has 3 heteroatoms. The van der Waals surface area contributed by atoms with Crippen molar-refractivity contribution in [2.24, 2.45) is 0 Å². The molecule has 1 unspecified atom stereocenters. The standard InChI is InChI=1S/C14H14N2O/c1-9(17)16-8-11-6-5-10(7-15)12-3-2-4-13(16)14(11)12/h5-6,13H,2-4,8H2,1H3. The molecule has 3 nitrogen and oxygen atoms in total. The zero-order valence-electron chi connectivity index (χ0n) is 9.86. The second kappa shape index (κ2) is 3.59. The van der Waals surface area contributed by atoms with Gasteiger partial charge in [-0.1, -0.05) is 6.07 Å². The zero-order chi connectivity index (χ0) is 12.0. The number of benzene rings is 1. The molecule has 0 spiro atoms. The number of hydrogen-bond donors (Lipinski definition) is 0. The molecule has 86 valence electrons. The summed E-state index contributed by atoms with van der Waals surface area (Å²) in [4.78, 5) is 13.6. The van der Waals surface area contributed by atoms with Gasteiger partial charge in [-0.05, 0) is 42.0 Å². The van der Waals surface area contributed by atoms with Crippen molar-refractivity contribution in [1.29, 1.82) is 5.26 Å². The predicted octanol–water partition coefficient (Wildman–Crippen LogP) is 2.30. The SMILES string of the molecule is CC(=O)N1Cc2ccc(C#N)c3c2C1CCC3. The molecule has 1 aromatic carbocycles. The molecule has 17 heavy (non-hydrogen) atoms. The largest absolute Gasteiger partial charge is 0.332 e. The van der Waals surface area contributed by atoms with E-state index in [1.165, 1.54) is 16.7 Å². The van der Waals surface area contributed by atoms with Gasteiger partial charge >= 0.3 is 0 Å². The average molecular weight is 226 g/mol. The van der Waals surface area contributed by atoms with Gasteiger partial charge in [-0.15, -0.1) is 0 Å². The third-order valence-corrected chi connectivity index (χ3v) is 3.93. The molecule has 1 atom stereocenters. The molecule has 0 aromatic heterocycles. The van der Waals surface area contributed by atoms with Crippen molar-refractivity contribution < 1.29 is 4.79 Å². The first-order valence-corrected chi connectivity index (χ1v) is 6.04. The Bertz CT molecular complexity index is 542. The molecule has 1 heterocycles. The molecular weight excluding hydrogens is 212 g/mol. The number of nitrogens with zero attached hydrogens (tertiary/aromatic N) is 2. The van der Waals surface area contributed by atoms with Gasteiger partial charge in [0.15, 0.2) is 0 Å². The molecule has 1 aliphatic heterocycles. The van der Waals surface area contributed by atoms with E-state index in [1.807, 2.05) is 17.0 Å². The Balaban J connectivity index is 2.17. The first kappa shape index (κ1) is 10.3. The maximum Gasteiger partial charge on any atom is 0.220 e. The minimum absolute atomic E-state index is 0.137. The van der Waals surface area contributed by atoms with Gasteiger partial charge in [-0.3, -0.25) is 4.79 Å². The summed E-state index contributed by atoms with van der Waals surface area (Å²) < 4.78 is 0. The highest BCUT2D eigenvalue weighted by Gasteiger charge is 2.36. The fourth-order valence-corrected chi connectivity index (χ4v) is 3.19. The molecule has 1 aromatic rings. The number of hydrogen-bond acceptors (Lipinski definition) is 2. The van der Waals surface area contributed by atoms with Crippen molar-refractivity contribution >= 4 is 5.91 Å². The lowest BCUT2D eigenvalue weighted by Crippen LogP contribution is -2.28. The highest BCUT2D eigenvalue weighted by Crippen LogP contribution is 2.43. The second-order valence-electron chi connectivity index (χ2n) is 4.83. The summed E-state index contributed by atoms with van der Waals surface area (Å²) >= 11 is 0. The molecule has 0 radical (unpaired) electrons. The smallest absolute Gasteiger partial charge is 0.220 e. The molecule has 0 fully saturated rings. The summed E-state index contributed by atoms with van der Waals surface area (Å²) in [5.41, 5.74) is 4.48. The Labute approximate surface area is 101 Å². The van der Waals surface area contributed by atoms with Crippen LogP contribution < -0.4 is 0 Å². The number of rotatable bonds is 0. The van der Waals surface area contributed by atoms with Crippen LogP contribution in [0, 0.1) is 11.3 Å². The van der Waals surface area contributed by atoms with Crippen LogP contribution in [0.25, 0.3) is 0 Å². The summed E-state index contributed by atoms with van der Waals surface area (Å²) in [5.74, 6) is 0.137. The minimum Gasteiger partial charge on any atom is -0.332 e. The van der Waals surface area contributed by atoms with Crippen LogP contribution in [0.15, 0.2) is 12.1 Å². The number of nitriles is 1. The highest BCUT2D eigenvalue weighted by atomic mass is 16.2. The summed E-state index contributed by atoms with van der Waals surface area (Å²) in [5, 5.41) is 9.14. The fraction of sp³-hybridized carbons (Fsp3) is 0.429. The monoisotopic (exact) mass is 226 g/mol. The van der Waals surface area contributed by atoms with Gasteiger partial charge in [-0.2, -0.15) is 5.26 Å². The van der Waals surface area contributed by atoms with Crippen LogP contribution in [-0.2, 0) is 17.8 Å². The lowest BCUT2D eigenvalue weighted by molar-refractivity contribution is -0.131. The Kier molecular flexibility index (Phi) is 2.19. The van der Waals surface area contributed by atoms with Crippen molar-refractivity contribution in [1.82, 2.24) is 4.90 Å². The van der Waals surface area contributed by atoms with Crippen LogP contribution in [0.4, 0.5) is 0 Å². The number of carbonyl (C=O) groups excluding carboxylic acids is 1. The molecule has 0 N–H and O–H groups in total. The Morgan fingerprint density at radius 2 is 2.35 bits per heavy atom.